The highest BCUT2D eigenvalue weighted by atomic mass is 35.5. The van der Waals surface area contributed by atoms with Gasteiger partial charge in [-0.1, -0.05) is 4.57 Å². The third-order valence-corrected chi connectivity index (χ3v) is 6.84. The van der Waals surface area contributed by atoms with Crippen LogP contribution in [0.25, 0.3) is 0 Å². The second-order valence-corrected chi connectivity index (χ2v) is 17.3. The molecular formula is C29H51Cl2N3O20P2. The van der Waals surface area contributed by atoms with Gasteiger partial charge in [0.2, 0.25) is 0 Å². The van der Waals surface area contributed by atoms with Crippen molar-refractivity contribution in [1.29, 1.82) is 0 Å². The summed E-state index contributed by atoms with van der Waals surface area (Å²) < 4.78 is 33.4. The zero-order valence-electron chi connectivity index (χ0n) is 31.6. The lowest BCUT2D eigenvalue weighted by atomic mass is 10.2. The van der Waals surface area contributed by atoms with E-state index in [1.54, 1.807) is 41.5 Å². The molecule has 0 aromatic heterocycles. The highest BCUT2D eigenvalue weighted by Gasteiger charge is 2.30. The Morgan fingerprint density at radius 2 is 1.11 bits per heavy atom. The maximum Gasteiger partial charge on any atom is 0.561 e. The van der Waals surface area contributed by atoms with E-state index >= 15 is 0 Å². The van der Waals surface area contributed by atoms with E-state index in [2.05, 4.69) is 10.1 Å². The molecule has 326 valence electrons. The molecule has 1 heterocycles. The maximum atomic E-state index is 11.7. The Hall–Kier alpha value is -3.69. The summed E-state index contributed by atoms with van der Waals surface area (Å²) in [6.45, 7) is 11.2. The molecule has 0 spiro atoms. The molecule has 0 aliphatic carbocycles. The van der Waals surface area contributed by atoms with Crippen LogP contribution >= 0.6 is 38.2 Å². The SMILES string of the molecule is CC(C)(C)OC(=O)N(CCC(=O)O)CCC(=O)O.CC(C)(C)OC(=O)N1CCC(=O)OC(=O)CC1.ClCCl.O=C(O)CCNCCC(=O)O.O=[P+]([O-])P(=O)(O)O. The molecule has 2 amide bonds. The number of rotatable bonds is 13. The number of halogens is 2. The van der Waals surface area contributed by atoms with Crippen LogP contribution in [0.5, 0.6) is 0 Å². The minimum absolute atomic E-state index is 0.00494. The molecule has 56 heavy (non-hydrogen) atoms. The predicted octanol–water partition coefficient (Wildman–Crippen LogP) is 2.39. The van der Waals surface area contributed by atoms with Crippen molar-refractivity contribution in [2.24, 2.45) is 0 Å². The lowest BCUT2D eigenvalue weighted by Gasteiger charge is -2.27. The van der Waals surface area contributed by atoms with Crippen LogP contribution in [0.1, 0.15) is 80.1 Å². The van der Waals surface area contributed by atoms with E-state index in [1.165, 1.54) is 4.90 Å². The van der Waals surface area contributed by atoms with Crippen LogP contribution in [0.3, 0.4) is 0 Å². The van der Waals surface area contributed by atoms with Crippen molar-refractivity contribution in [3.8, 4) is 0 Å². The summed E-state index contributed by atoms with van der Waals surface area (Å²) in [5, 5.41) is 36.3. The van der Waals surface area contributed by atoms with Gasteiger partial charge in [0.25, 0.3) is 0 Å². The van der Waals surface area contributed by atoms with Crippen LogP contribution in [0.15, 0.2) is 0 Å². The number of hydrogen-bond acceptors (Lipinski definition) is 15. The molecule has 1 rings (SSSR count). The average molecular weight is 895 g/mol. The van der Waals surface area contributed by atoms with Gasteiger partial charge in [-0.3, -0.25) is 38.6 Å². The van der Waals surface area contributed by atoms with Gasteiger partial charge < -0.3 is 54.6 Å². The number of alkyl halides is 2. The van der Waals surface area contributed by atoms with Gasteiger partial charge in [0.05, 0.1) is 43.9 Å². The number of nitrogens with one attached hydrogen (secondary N) is 1. The number of ether oxygens (including phenoxy) is 3. The van der Waals surface area contributed by atoms with Crippen molar-refractivity contribution >= 4 is 86.2 Å². The number of carboxylic acids is 4. The number of aliphatic carboxylic acids is 4. The first-order chi connectivity index (χ1) is 25.4. The van der Waals surface area contributed by atoms with E-state index in [0.717, 1.165) is 4.90 Å². The first-order valence-electron chi connectivity index (χ1n) is 16.0. The number of nitrogens with zero attached hydrogens (tertiary/aromatic N) is 2. The van der Waals surface area contributed by atoms with Gasteiger partial charge >= 0.3 is 63.0 Å². The number of esters is 2. The highest BCUT2D eigenvalue weighted by molar-refractivity contribution is 8.19. The van der Waals surface area contributed by atoms with Crippen molar-refractivity contribution < 1.29 is 96.8 Å². The summed E-state index contributed by atoms with van der Waals surface area (Å²) in [6.07, 6.45) is -1.66. The number of carboxylic acid groups (broad SMARTS) is 4. The fraction of sp³-hybridized carbons (Fsp3) is 0.724. The zero-order valence-corrected chi connectivity index (χ0v) is 34.9. The van der Waals surface area contributed by atoms with E-state index < -0.39 is 74.2 Å². The van der Waals surface area contributed by atoms with Gasteiger partial charge in [-0.25, -0.2) is 14.2 Å². The lowest BCUT2D eigenvalue weighted by Crippen LogP contribution is -2.40. The minimum atomic E-state index is -4.78. The number of hydrogen-bond donors (Lipinski definition) is 7. The average Bonchev–Trinajstić information content (AvgIpc) is 2.98. The van der Waals surface area contributed by atoms with Gasteiger partial charge in [-0.15, -0.1) is 23.2 Å². The molecule has 0 aromatic carbocycles. The van der Waals surface area contributed by atoms with Crippen molar-refractivity contribution in [3.05, 3.63) is 0 Å². The fourth-order valence-electron chi connectivity index (χ4n) is 2.90. The molecule has 7 N–H and O–H groups in total. The number of carbonyl (C=O) groups is 8. The van der Waals surface area contributed by atoms with Gasteiger partial charge in [0.1, 0.15) is 11.2 Å². The van der Waals surface area contributed by atoms with Crippen molar-refractivity contribution in [2.45, 2.75) is 91.3 Å². The molecule has 1 saturated heterocycles. The van der Waals surface area contributed by atoms with E-state index in [-0.39, 0.29) is 70.0 Å². The zero-order chi connectivity index (χ0) is 44.9. The van der Waals surface area contributed by atoms with Crippen LogP contribution in [0.2, 0.25) is 0 Å². The van der Waals surface area contributed by atoms with Crippen LogP contribution in [-0.2, 0) is 52.1 Å². The molecular weight excluding hydrogens is 843 g/mol. The molecule has 0 bridgehead atoms. The second-order valence-electron chi connectivity index (χ2n) is 12.5. The fourth-order valence-corrected chi connectivity index (χ4v) is 2.90. The Bertz CT molecular complexity index is 1280. The molecule has 27 heteroatoms. The Morgan fingerprint density at radius 1 is 0.786 bits per heavy atom. The molecule has 0 aromatic rings. The van der Waals surface area contributed by atoms with Crippen LogP contribution in [0, 0.1) is 0 Å². The van der Waals surface area contributed by atoms with E-state index in [4.69, 9.17) is 62.9 Å². The Kier molecular flexibility index (Phi) is 33.1. The van der Waals surface area contributed by atoms with Gasteiger partial charge in [0, 0.05) is 39.3 Å². The standard InChI is InChI=1S/C11H19NO6.C11H17NO5.C6H11NO4.CH2Cl2.H2O5P2/c1-11(2,3)18-10(17)12(6-4-8(13)14)7-5-9(15)16;1-11(2,3)17-10(15)12-6-4-8(13)16-9(14)5-7-12;8-5(9)1-3-7-4-2-6(10)11;2-1-3;1-6(2)7(3,4)5/h4-7H2,1-3H3,(H,13,14)(H,15,16);4-7H2,1-3H3;7H,1-4H2,(H,8,9)(H,10,11);1H2;(H2,3,4,5). The lowest BCUT2D eigenvalue weighted by molar-refractivity contribution is -0.161. The van der Waals surface area contributed by atoms with Crippen molar-refractivity contribution in [2.75, 3.05) is 44.6 Å². The third-order valence-electron chi connectivity index (χ3n) is 5.14. The van der Waals surface area contributed by atoms with E-state index in [9.17, 15) is 52.4 Å². The smallest absolute Gasteiger partial charge is 0.561 e. The maximum absolute atomic E-state index is 11.7. The van der Waals surface area contributed by atoms with Crippen LogP contribution in [0.4, 0.5) is 9.59 Å². The molecule has 0 saturated carbocycles. The normalized spacial score (nSPS) is 12.9. The largest absolute Gasteiger partial charge is 0.588 e. The summed E-state index contributed by atoms with van der Waals surface area (Å²) in [5.74, 6) is -5.09. The van der Waals surface area contributed by atoms with E-state index in [0.29, 0.717) is 13.1 Å². The number of cyclic esters (lactones) is 2. The minimum Gasteiger partial charge on any atom is -0.588 e. The predicted molar refractivity (Wildman–Crippen MR) is 194 cm³/mol. The molecule has 1 unspecified atom stereocenters. The summed E-state index contributed by atoms with van der Waals surface area (Å²) in [6, 6.07) is 0. The Morgan fingerprint density at radius 3 is 1.38 bits per heavy atom. The summed E-state index contributed by atoms with van der Waals surface area (Å²) in [5.41, 5.74) is -1.30. The topological polar surface area (TPSA) is 361 Å². The van der Waals surface area contributed by atoms with Gasteiger partial charge in [-0.2, -0.15) is 0 Å². The summed E-state index contributed by atoms with van der Waals surface area (Å²) >= 11 is 9.53. The number of amides is 2. The van der Waals surface area contributed by atoms with E-state index in [1.807, 2.05) is 0 Å². The van der Waals surface area contributed by atoms with Crippen LogP contribution < -0.4 is 10.2 Å². The first-order valence-corrected chi connectivity index (χ1v) is 20.5. The van der Waals surface area contributed by atoms with Gasteiger partial charge in [-0.05, 0) is 41.5 Å². The molecule has 1 fully saturated rings. The van der Waals surface area contributed by atoms with Crippen LogP contribution in [-0.4, -0.2) is 144 Å². The van der Waals surface area contributed by atoms with Crippen molar-refractivity contribution in [3.63, 3.8) is 0 Å². The monoisotopic (exact) mass is 893 g/mol. The quantitative estimate of drug-likeness (QED) is 0.0348. The van der Waals surface area contributed by atoms with Gasteiger partial charge in [0.15, 0.2) is 0 Å². The molecule has 1 atom stereocenters. The highest BCUT2D eigenvalue weighted by Crippen LogP contribution is 2.56. The first kappa shape index (κ1) is 59.0. The Balaban J connectivity index is -0.000000329. The van der Waals surface area contributed by atoms with Crippen molar-refractivity contribution in [1.82, 2.24) is 15.1 Å². The summed E-state index contributed by atoms with van der Waals surface area (Å²) in [4.78, 5) is 113. The molecule has 1 aliphatic rings. The Labute approximate surface area is 333 Å². The molecule has 1 aliphatic heterocycles. The summed E-state index contributed by atoms with van der Waals surface area (Å²) in [7, 11) is -8.36. The molecule has 23 nitrogen and oxygen atoms in total. The third kappa shape index (κ3) is 44.7. The molecule has 0 radical (unpaired) electrons. The second kappa shape index (κ2) is 31.4. The number of carbonyl (C=O) groups excluding carboxylic acids is 4.